The Morgan fingerprint density at radius 1 is 0.838 bits per heavy atom. The average Bonchev–Trinajstić information content (AvgIpc) is 2.86. The Labute approximate surface area is 226 Å². The van der Waals surface area contributed by atoms with Crippen LogP contribution in [0.5, 0.6) is 0 Å². The summed E-state index contributed by atoms with van der Waals surface area (Å²) in [7, 11) is 0. The molecule has 1 N–H and O–H groups in total. The van der Waals surface area contributed by atoms with Gasteiger partial charge >= 0.3 is 0 Å². The summed E-state index contributed by atoms with van der Waals surface area (Å²) >= 11 is 1.60. The number of aryl methyl sites for hydroxylation is 3. The van der Waals surface area contributed by atoms with Gasteiger partial charge in [0.1, 0.15) is 6.04 Å². The molecule has 2 atom stereocenters. The van der Waals surface area contributed by atoms with Crippen LogP contribution in [0.1, 0.15) is 53.6 Å². The monoisotopic (exact) mass is 516 g/mol. The van der Waals surface area contributed by atoms with Gasteiger partial charge in [-0.2, -0.15) is 0 Å². The first-order valence-corrected chi connectivity index (χ1v) is 14.2. The van der Waals surface area contributed by atoms with Crippen LogP contribution >= 0.6 is 11.8 Å². The number of amides is 2. The van der Waals surface area contributed by atoms with Crippen LogP contribution in [0.4, 0.5) is 0 Å². The van der Waals surface area contributed by atoms with E-state index in [9.17, 15) is 9.59 Å². The Bertz CT molecular complexity index is 1160. The predicted octanol–water partition coefficient (Wildman–Crippen LogP) is 6.40. The molecule has 0 bridgehead atoms. The number of carbonyl (C=O) groups is 2. The summed E-state index contributed by atoms with van der Waals surface area (Å²) in [6.07, 6.45) is 1.31. The van der Waals surface area contributed by atoms with Gasteiger partial charge in [-0.15, -0.1) is 11.8 Å². The van der Waals surface area contributed by atoms with Crippen molar-refractivity contribution in [1.82, 2.24) is 10.2 Å². The number of hydrogen-bond donors (Lipinski definition) is 1. The molecule has 0 aliphatic carbocycles. The molecule has 3 rings (SSSR count). The zero-order valence-corrected chi connectivity index (χ0v) is 23.6. The summed E-state index contributed by atoms with van der Waals surface area (Å²) in [6, 6.07) is 24.1. The Morgan fingerprint density at radius 2 is 1.49 bits per heavy atom. The molecule has 4 nitrogen and oxygen atoms in total. The van der Waals surface area contributed by atoms with Gasteiger partial charge in [0.05, 0.1) is 5.75 Å². The summed E-state index contributed by atoms with van der Waals surface area (Å²) in [5.74, 6) is 0.963. The average molecular weight is 517 g/mol. The second-order valence-electron chi connectivity index (χ2n) is 10.0. The molecule has 0 aliphatic rings. The van der Waals surface area contributed by atoms with Crippen molar-refractivity contribution in [2.75, 3.05) is 5.75 Å². The number of hydrogen-bond acceptors (Lipinski definition) is 3. The molecule has 0 spiro atoms. The first-order chi connectivity index (χ1) is 17.7. The second-order valence-corrected chi connectivity index (χ2v) is 11.0. The maximum absolute atomic E-state index is 13.8. The van der Waals surface area contributed by atoms with Crippen molar-refractivity contribution >= 4 is 23.6 Å². The lowest BCUT2D eigenvalue weighted by atomic mass is 10.0. The third-order valence-corrected chi connectivity index (χ3v) is 7.47. The van der Waals surface area contributed by atoms with Gasteiger partial charge in [0.15, 0.2) is 0 Å². The molecular weight excluding hydrogens is 476 g/mol. The van der Waals surface area contributed by atoms with Gasteiger partial charge in [0.2, 0.25) is 11.8 Å². The molecule has 0 aromatic heterocycles. The van der Waals surface area contributed by atoms with Crippen molar-refractivity contribution < 1.29 is 9.59 Å². The molecular formula is C32H40N2O2S. The summed E-state index contributed by atoms with van der Waals surface area (Å²) in [4.78, 5) is 29.1. The van der Waals surface area contributed by atoms with Gasteiger partial charge in [-0.25, -0.2) is 0 Å². The molecule has 196 valence electrons. The molecule has 5 heteroatoms. The number of benzene rings is 3. The van der Waals surface area contributed by atoms with Crippen molar-refractivity contribution in [3.63, 3.8) is 0 Å². The molecule has 2 amide bonds. The summed E-state index contributed by atoms with van der Waals surface area (Å²) in [5, 5.41) is 3.14. The van der Waals surface area contributed by atoms with Gasteiger partial charge in [-0.1, -0.05) is 96.4 Å². The fourth-order valence-corrected chi connectivity index (χ4v) is 5.34. The lowest BCUT2D eigenvalue weighted by molar-refractivity contribution is -0.139. The molecule has 0 radical (unpaired) electrons. The number of thioether (sulfide) groups is 1. The van der Waals surface area contributed by atoms with Gasteiger partial charge in [-0.3, -0.25) is 9.59 Å². The van der Waals surface area contributed by atoms with Crippen LogP contribution in [0.25, 0.3) is 0 Å². The minimum Gasteiger partial charge on any atom is -0.352 e. The molecule has 37 heavy (non-hydrogen) atoms. The summed E-state index contributed by atoms with van der Waals surface area (Å²) in [6.45, 7) is 10.7. The zero-order valence-electron chi connectivity index (χ0n) is 22.8. The highest BCUT2D eigenvalue weighted by Gasteiger charge is 2.30. The van der Waals surface area contributed by atoms with E-state index in [2.05, 4.69) is 50.4 Å². The topological polar surface area (TPSA) is 49.4 Å². The third kappa shape index (κ3) is 9.08. The number of nitrogens with one attached hydrogen (secondary N) is 1. The normalized spacial score (nSPS) is 12.6. The standard InChI is InChI=1S/C32H40N2O2S/c1-6-26(5)33-32(36)30(19-27-12-8-7-9-13-27)34(20-28-14-10-11-23(2)16-28)31(35)22-37-21-29-17-24(3)15-25(4)18-29/h7-18,26,30H,6,19-22H2,1-5H3,(H,33,36)/t26-,30-/m1/s1. The van der Waals surface area contributed by atoms with Crippen LogP contribution in [0.2, 0.25) is 0 Å². The highest BCUT2D eigenvalue weighted by atomic mass is 32.2. The highest BCUT2D eigenvalue weighted by Crippen LogP contribution is 2.20. The minimum atomic E-state index is -0.591. The molecule has 0 unspecified atom stereocenters. The number of nitrogens with zero attached hydrogens (tertiary/aromatic N) is 1. The van der Waals surface area contributed by atoms with Crippen molar-refractivity contribution in [3.8, 4) is 0 Å². The van der Waals surface area contributed by atoms with Crippen LogP contribution in [0.15, 0.2) is 72.8 Å². The Morgan fingerprint density at radius 3 is 2.14 bits per heavy atom. The maximum atomic E-state index is 13.8. The molecule has 0 saturated carbocycles. The van der Waals surface area contributed by atoms with Gasteiger partial charge in [-0.05, 0) is 50.8 Å². The lowest BCUT2D eigenvalue weighted by Gasteiger charge is -2.32. The second kappa shape index (κ2) is 14.0. The fraction of sp³-hybridized carbons (Fsp3) is 0.375. The van der Waals surface area contributed by atoms with E-state index in [1.54, 1.807) is 16.7 Å². The number of carbonyl (C=O) groups excluding carboxylic acids is 2. The number of rotatable bonds is 12. The van der Waals surface area contributed by atoms with Crippen LogP contribution < -0.4 is 5.32 Å². The van der Waals surface area contributed by atoms with Gasteiger partial charge < -0.3 is 10.2 Å². The van der Waals surface area contributed by atoms with Crippen LogP contribution in [-0.2, 0) is 28.3 Å². The lowest BCUT2D eigenvalue weighted by Crippen LogP contribution is -2.52. The predicted molar refractivity (Wildman–Crippen MR) is 156 cm³/mol. The SMILES string of the molecule is CC[C@@H](C)NC(=O)[C@@H](Cc1ccccc1)N(Cc1cccc(C)c1)C(=O)CSCc1cc(C)cc(C)c1. The molecule has 0 fully saturated rings. The molecule has 3 aromatic rings. The van der Waals surface area contributed by atoms with Gasteiger partial charge in [0.25, 0.3) is 0 Å². The van der Waals surface area contributed by atoms with E-state index in [-0.39, 0.29) is 17.9 Å². The Balaban J connectivity index is 1.86. The van der Waals surface area contributed by atoms with Crippen molar-refractivity contribution in [1.29, 1.82) is 0 Å². The van der Waals surface area contributed by atoms with Crippen LogP contribution in [-0.4, -0.2) is 34.6 Å². The zero-order chi connectivity index (χ0) is 26.8. The quantitative estimate of drug-likeness (QED) is 0.303. The molecule has 0 saturated heterocycles. The van der Waals surface area contributed by atoms with E-state index in [1.165, 1.54) is 16.7 Å². The molecule has 0 heterocycles. The van der Waals surface area contributed by atoms with Crippen molar-refractivity contribution in [3.05, 3.63) is 106 Å². The first-order valence-electron chi connectivity index (χ1n) is 13.1. The maximum Gasteiger partial charge on any atom is 0.243 e. The van der Waals surface area contributed by atoms with E-state index >= 15 is 0 Å². The van der Waals surface area contributed by atoms with E-state index < -0.39 is 6.04 Å². The smallest absolute Gasteiger partial charge is 0.243 e. The van der Waals surface area contributed by atoms with E-state index in [0.717, 1.165) is 28.9 Å². The van der Waals surface area contributed by atoms with Crippen LogP contribution in [0.3, 0.4) is 0 Å². The summed E-state index contributed by atoms with van der Waals surface area (Å²) < 4.78 is 0. The first kappa shape index (κ1) is 28.5. The minimum absolute atomic E-state index is 0.0175. The van der Waals surface area contributed by atoms with Crippen molar-refractivity contribution in [2.45, 2.75) is 71.8 Å². The highest BCUT2D eigenvalue weighted by molar-refractivity contribution is 7.99. The molecule has 3 aromatic carbocycles. The molecule has 0 aliphatic heterocycles. The van der Waals surface area contributed by atoms with E-state index in [1.807, 2.05) is 62.4 Å². The summed E-state index contributed by atoms with van der Waals surface area (Å²) in [5.41, 5.74) is 6.88. The third-order valence-electron chi connectivity index (χ3n) is 6.48. The fourth-order valence-electron chi connectivity index (χ4n) is 4.49. The van der Waals surface area contributed by atoms with E-state index in [0.29, 0.717) is 18.7 Å². The van der Waals surface area contributed by atoms with E-state index in [4.69, 9.17) is 0 Å². The Hall–Kier alpha value is -3.05. The van der Waals surface area contributed by atoms with Crippen LogP contribution in [0, 0.1) is 20.8 Å². The van der Waals surface area contributed by atoms with Gasteiger partial charge in [0, 0.05) is 24.8 Å². The Kier molecular flexibility index (Phi) is 10.8. The largest absolute Gasteiger partial charge is 0.352 e. The van der Waals surface area contributed by atoms with Crippen molar-refractivity contribution in [2.24, 2.45) is 0 Å².